The van der Waals surface area contributed by atoms with Gasteiger partial charge in [0.05, 0.1) is 19.3 Å². The van der Waals surface area contributed by atoms with Gasteiger partial charge < -0.3 is 15.0 Å². The Labute approximate surface area is 174 Å². The van der Waals surface area contributed by atoms with Gasteiger partial charge in [-0.2, -0.15) is 0 Å². The van der Waals surface area contributed by atoms with Gasteiger partial charge in [-0.1, -0.05) is 6.92 Å². The number of aromatic nitrogens is 6. The summed E-state index contributed by atoms with van der Waals surface area (Å²) in [5.41, 5.74) is 2.45. The summed E-state index contributed by atoms with van der Waals surface area (Å²) < 4.78 is 6.62. The smallest absolute Gasteiger partial charge is 0.407 e. The van der Waals surface area contributed by atoms with Gasteiger partial charge in [0.25, 0.3) is 0 Å². The van der Waals surface area contributed by atoms with Crippen LogP contribution in [0.4, 0.5) is 10.6 Å². The SMILES string of the molecule is CCC1c2nncn2-c2cnc(-c3ccncc3CNC(=O)OC)nc2N1C(C)C. The number of methoxy groups -OCH3 is 1. The Morgan fingerprint density at radius 1 is 1.33 bits per heavy atom. The fraction of sp³-hybridized carbons (Fsp3) is 0.400. The van der Waals surface area contributed by atoms with Crippen LogP contribution in [0, 0.1) is 0 Å². The summed E-state index contributed by atoms with van der Waals surface area (Å²) in [5.74, 6) is 2.29. The molecule has 4 heterocycles. The average Bonchev–Trinajstić information content (AvgIpc) is 3.26. The van der Waals surface area contributed by atoms with Crippen molar-refractivity contribution in [3.63, 3.8) is 0 Å². The number of carbonyl (C=O) groups is 1. The van der Waals surface area contributed by atoms with Crippen molar-refractivity contribution in [3.8, 4) is 17.1 Å². The van der Waals surface area contributed by atoms with Crippen LogP contribution >= 0.6 is 0 Å². The van der Waals surface area contributed by atoms with Crippen LogP contribution in [0.5, 0.6) is 0 Å². The standard InChI is InChI=1S/C20H24N8O2/c1-5-15-19-26-24-11-27(19)16-10-22-17(25-18(16)28(15)12(2)3)14-6-7-21-8-13(14)9-23-20(29)30-4/h6-8,10-12,15H,5,9H2,1-4H3,(H,23,29). The van der Waals surface area contributed by atoms with E-state index in [9.17, 15) is 4.79 Å². The van der Waals surface area contributed by atoms with Crippen molar-refractivity contribution in [3.05, 3.63) is 42.4 Å². The lowest BCUT2D eigenvalue weighted by Gasteiger charge is -2.39. The quantitative estimate of drug-likeness (QED) is 0.686. The van der Waals surface area contributed by atoms with Gasteiger partial charge in [-0.15, -0.1) is 10.2 Å². The molecule has 0 aromatic carbocycles. The van der Waals surface area contributed by atoms with E-state index in [1.165, 1.54) is 7.11 Å². The van der Waals surface area contributed by atoms with E-state index >= 15 is 0 Å². The van der Waals surface area contributed by atoms with Crippen LogP contribution in [-0.4, -0.2) is 49.0 Å². The maximum absolute atomic E-state index is 11.5. The fourth-order valence-electron chi connectivity index (χ4n) is 3.79. The van der Waals surface area contributed by atoms with Gasteiger partial charge in [0.1, 0.15) is 12.0 Å². The molecule has 0 saturated carbocycles. The lowest BCUT2D eigenvalue weighted by molar-refractivity contribution is 0.170. The first kappa shape index (κ1) is 19.7. The molecule has 1 atom stereocenters. The van der Waals surface area contributed by atoms with Crippen molar-refractivity contribution in [2.24, 2.45) is 0 Å². The molecule has 0 aliphatic carbocycles. The highest BCUT2D eigenvalue weighted by atomic mass is 16.5. The largest absolute Gasteiger partial charge is 0.453 e. The fourth-order valence-corrected chi connectivity index (χ4v) is 3.79. The van der Waals surface area contributed by atoms with Gasteiger partial charge in [-0.05, 0) is 26.3 Å². The van der Waals surface area contributed by atoms with Crippen LogP contribution in [0.1, 0.15) is 44.6 Å². The van der Waals surface area contributed by atoms with Crippen molar-refractivity contribution in [2.75, 3.05) is 12.0 Å². The number of amides is 1. The number of nitrogens with zero attached hydrogens (tertiary/aromatic N) is 7. The molecule has 10 heteroatoms. The van der Waals surface area contributed by atoms with Crippen molar-refractivity contribution in [1.82, 2.24) is 35.0 Å². The number of hydrogen-bond donors (Lipinski definition) is 1. The zero-order chi connectivity index (χ0) is 21.3. The molecule has 1 N–H and O–H groups in total. The molecule has 0 saturated heterocycles. The summed E-state index contributed by atoms with van der Waals surface area (Å²) in [4.78, 5) is 27.5. The Kier molecular flexibility index (Phi) is 5.30. The first-order valence-corrected chi connectivity index (χ1v) is 9.85. The normalized spacial score (nSPS) is 15.0. The molecule has 0 radical (unpaired) electrons. The van der Waals surface area contributed by atoms with E-state index in [1.807, 2.05) is 10.6 Å². The minimum absolute atomic E-state index is 0.0700. The van der Waals surface area contributed by atoms with Gasteiger partial charge in [-0.25, -0.2) is 14.8 Å². The Morgan fingerprint density at radius 2 is 2.17 bits per heavy atom. The van der Waals surface area contributed by atoms with Crippen molar-refractivity contribution in [1.29, 1.82) is 0 Å². The highest BCUT2D eigenvalue weighted by Crippen LogP contribution is 2.39. The van der Waals surface area contributed by atoms with E-state index in [0.29, 0.717) is 5.82 Å². The number of rotatable bonds is 5. The van der Waals surface area contributed by atoms with Crippen LogP contribution in [0.25, 0.3) is 17.1 Å². The van der Waals surface area contributed by atoms with E-state index in [2.05, 4.69) is 55.9 Å². The summed E-state index contributed by atoms with van der Waals surface area (Å²) >= 11 is 0. The summed E-state index contributed by atoms with van der Waals surface area (Å²) in [5, 5.41) is 11.1. The summed E-state index contributed by atoms with van der Waals surface area (Å²) in [6.07, 6.45) is 7.25. The van der Waals surface area contributed by atoms with Gasteiger partial charge in [-0.3, -0.25) is 9.55 Å². The van der Waals surface area contributed by atoms with Crippen LogP contribution in [0.3, 0.4) is 0 Å². The maximum Gasteiger partial charge on any atom is 0.407 e. The van der Waals surface area contributed by atoms with Crippen molar-refractivity contribution < 1.29 is 9.53 Å². The van der Waals surface area contributed by atoms with E-state index in [-0.39, 0.29) is 18.6 Å². The molecular weight excluding hydrogens is 384 g/mol. The summed E-state index contributed by atoms with van der Waals surface area (Å²) in [6.45, 7) is 6.67. The third kappa shape index (κ3) is 3.34. The van der Waals surface area contributed by atoms with Crippen LogP contribution in [-0.2, 0) is 11.3 Å². The van der Waals surface area contributed by atoms with Gasteiger partial charge >= 0.3 is 6.09 Å². The Hall–Kier alpha value is -3.56. The number of nitrogens with one attached hydrogen (secondary N) is 1. The number of pyridine rings is 1. The minimum Gasteiger partial charge on any atom is -0.453 e. The molecule has 3 aromatic rings. The number of anilines is 1. The zero-order valence-corrected chi connectivity index (χ0v) is 17.4. The number of hydrogen-bond acceptors (Lipinski definition) is 8. The Morgan fingerprint density at radius 3 is 2.90 bits per heavy atom. The lowest BCUT2D eigenvalue weighted by atomic mass is 10.1. The monoisotopic (exact) mass is 408 g/mol. The molecule has 10 nitrogen and oxygen atoms in total. The molecule has 30 heavy (non-hydrogen) atoms. The van der Waals surface area contributed by atoms with Gasteiger partial charge in [0, 0.05) is 36.1 Å². The molecule has 1 amide bonds. The molecular formula is C20H24N8O2. The van der Waals surface area contributed by atoms with E-state index < -0.39 is 6.09 Å². The zero-order valence-electron chi connectivity index (χ0n) is 17.4. The second-order valence-corrected chi connectivity index (χ2v) is 7.26. The molecule has 1 aliphatic heterocycles. The number of carbonyl (C=O) groups excluding carboxylic acids is 1. The predicted molar refractivity (Wildman–Crippen MR) is 110 cm³/mol. The highest BCUT2D eigenvalue weighted by Gasteiger charge is 2.35. The number of fused-ring (bicyclic) bond motifs is 3. The maximum atomic E-state index is 11.5. The lowest BCUT2D eigenvalue weighted by Crippen LogP contribution is -2.40. The second-order valence-electron chi connectivity index (χ2n) is 7.26. The molecule has 4 rings (SSSR count). The third-order valence-corrected chi connectivity index (χ3v) is 5.16. The molecule has 1 aliphatic rings. The van der Waals surface area contributed by atoms with Crippen LogP contribution < -0.4 is 10.2 Å². The minimum atomic E-state index is -0.506. The van der Waals surface area contributed by atoms with Crippen LogP contribution in [0.15, 0.2) is 31.0 Å². The van der Waals surface area contributed by atoms with Gasteiger partial charge in [0.15, 0.2) is 17.5 Å². The first-order valence-electron chi connectivity index (χ1n) is 9.85. The topological polar surface area (TPSA) is 111 Å². The van der Waals surface area contributed by atoms with Crippen molar-refractivity contribution in [2.45, 2.75) is 45.8 Å². The summed E-state index contributed by atoms with van der Waals surface area (Å²) in [6, 6.07) is 2.13. The van der Waals surface area contributed by atoms with E-state index in [1.54, 1.807) is 24.9 Å². The van der Waals surface area contributed by atoms with E-state index in [0.717, 1.165) is 34.9 Å². The third-order valence-electron chi connectivity index (χ3n) is 5.16. The Balaban J connectivity index is 1.80. The van der Waals surface area contributed by atoms with Crippen molar-refractivity contribution >= 4 is 11.9 Å². The average molecular weight is 408 g/mol. The highest BCUT2D eigenvalue weighted by molar-refractivity contribution is 5.69. The number of alkyl carbamates (subject to hydrolysis) is 1. The summed E-state index contributed by atoms with van der Waals surface area (Å²) in [7, 11) is 1.33. The first-order chi connectivity index (χ1) is 14.5. The molecule has 156 valence electrons. The molecule has 0 fully saturated rings. The molecule has 0 spiro atoms. The molecule has 3 aromatic heterocycles. The molecule has 0 bridgehead atoms. The van der Waals surface area contributed by atoms with Crippen LogP contribution in [0.2, 0.25) is 0 Å². The number of ether oxygens (including phenoxy) is 1. The predicted octanol–water partition coefficient (Wildman–Crippen LogP) is 2.65. The molecule has 1 unspecified atom stereocenters. The van der Waals surface area contributed by atoms with Gasteiger partial charge in [0.2, 0.25) is 0 Å². The Bertz CT molecular complexity index is 1060. The second kappa shape index (κ2) is 8.05. The van der Waals surface area contributed by atoms with E-state index in [4.69, 9.17) is 4.98 Å².